The lowest BCUT2D eigenvalue weighted by atomic mass is 10.2. The molecule has 0 aliphatic heterocycles. The Morgan fingerprint density at radius 1 is 1.35 bits per heavy atom. The molecule has 1 aromatic carbocycles. The van der Waals surface area contributed by atoms with Gasteiger partial charge in [-0.05, 0) is 36.7 Å². The third kappa shape index (κ3) is 5.21. The highest BCUT2D eigenvalue weighted by Crippen LogP contribution is 2.33. The van der Waals surface area contributed by atoms with E-state index in [2.05, 4.69) is 11.9 Å². The van der Waals surface area contributed by atoms with Crippen molar-refractivity contribution in [1.82, 2.24) is 5.32 Å². The summed E-state index contributed by atoms with van der Waals surface area (Å²) in [5, 5.41) is 3.10. The van der Waals surface area contributed by atoms with E-state index in [1.165, 1.54) is 0 Å². The van der Waals surface area contributed by atoms with Gasteiger partial charge in [-0.3, -0.25) is 0 Å². The zero-order valence-electron chi connectivity index (χ0n) is 11.2. The summed E-state index contributed by atoms with van der Waals surface area (Å²) in [5.41, 5.74) is -0.624. The maximum atomic E-state index is 13.1. The number of halogens is 4. The molecule has 0 amide bonds. The molecule has 0 saturated carbocycles. The predicted molar refractivity (Wildman–Crippen MR) is 69.2 cm³/mol. The monoisotopic (exact) mass is 291 g/mol. The highest BCUT2D eigenvalue weighted by Gasteiger charge is 2.34. The molecule has 0 bridgehead atoms. The Balaban J connectivity index is 2.59. The Morgan fingerprint density at radius 2 is 2.05 bits per heavy atom. The molecular weight excluding hydrogens is 274 g/mol. The van der Waals surface area contributed by atoms with Crippen LogP contribution in [0.4, 0.5) is 17.6 Å². The van der Waals surface area contributed by atoms with Gasteiger partial charge in [-0.2, -0.15) is 13.2 Å². The molecule has 20 heavy (non-hydrogen) atoms. The zero-order chi connectivity index (χ0) is 15.2. The SMILES string of the molecule is C=C(CNCCC)COc1ccc(F)c(C(F)(F)F)c1. The summed E-state index contributed by atoms with van der Waals surface area (Å²) in [6, 6.07) is 2.57. The van der Waals surface area contributed by atoms with E-state index in [0.29, 0.717) is 18.2 Å². The van der Waals surface area contributed by atoms with Crippen molar-refractivity contribution in [2.75, 3.05) is 19.7 Å². The van der Waals surface area contributed by atoms with Crippen LogP contribution in [0.3, 0.4) is 0 Å². The summed E-state index contributed by atoms with van der Waals surface area (Å²) in [6.07, 6.45) is -3.76. The van der Waals surface area contributed by atoms with Crippen LogP contribution in [-0.4, -0.2) is 19.7 Å². The molecule has 0 radical (unpaired) electrons. The quantitative estimate of drug-likeness (QED) is 0.469. The molecule has 112 valence electrons. The van der Waals surface area contributed by atoms with E-state index in [0.717, 1.165) is 25.1 Å². The van der Waals surface area contributed by atoms with Gasteiger partial charge in [0.25, 0.3) is 0 Å². The molecule has 0 atom stereocenters. The Kier molecular flexibility index (Phi) is 6.01. The van der Waals surface area contributed by atoms with Crippen LogP contribution in [0.5, 0.6) is 5.75 Å². The average Bonchev–Trinajstić information content (AvgIpc) is 2.36. The van der Waals surface area contributed by atoms with Crippen LogP contribution in [0.15, 0.2) is 30.4 Å². The molecule has 0 heterocycles. The molecule has 0 aliphatic carbocycles. The second-order valence-corrected chi connectivity index (χ2v) is 4.35. The first-order valence-electron chi connectivity index (χ1n) is 6.21. The summed E-state index contributed by atoms with van der Waals surface area (Å²) in [6.45, 7) is 7.20. The maximum Gasteiger partial charge on any atom is 0.419 e. The highest BCUT2D eigenvalue weighted by molar-refractivity contribution is 5.32. The molecule has 0 saturated heterocycles. The first-order valence-corrected chi connectivity index (χ1v) is 6.21. The number of nitrogens with one attached hydrogen (secondary N) is 1. The lowest BCUT2D eigenvalue weighted by Gasteiger charge is -2.12. The standard InChI is InChI=1S/C14H17F4NO/c1-3-6-19-8-10(2)9-20-11-4-5-13(15)12(7-11)14(16,17)18/h4-5,7,19H,2-3,6,8-9H2,1H3. The summed E-state index contributed by atoms with van der Waals surface area (Å²) in [4.78, 5) is 0. The fourth-order valence-electron chi connectivity index (χ4n) is 1.49. The number of hydrogen-bond donors (Lipinski definition) is 1. The van der Waals surface area contributed by atoms with Crippen LogP contribution in [0.25, 0.3) is 0 Å². The lowest BCUT2D eigenvalue weighted by Crippen LogP contribution is -2.20. The molecule has 0 aromatic heterocycles. The van der Waals surface area contributed by atoms with Crippen LogP contribution in [0.2, 0.25) is 0 Å². The van der Waals surface area contributed by atoms with E-state index in [4.69, 9.17) is 4.74 Å². The summed E-state index contributed by atoms with van der Waals surface area (Å²) >= 11 is 0. The van der Waals surface area contributed by atoms with E-state index >= 15 is 0 Å². The number of benzene rings is 1. The van der Waals surface area contributed by atoms with Crippen molar-refractivity contribution in [3.05, 3.63) is 41.7 Å². The first kappa shape index (κ1) is 16.5. The second kappa shape index (κ2) is 7.28. The summed E-state index contributed by atoms with van der Waals surface area (Å²) in [5.74, 6) is -1.34. The third-order valence-corrected chi connectivity index (χ3v) is 2.49. The molecule has 2 nitrogen and oxygen atoms in total. The van der Waals surface area contributed by atoms with Crippen molar-refractivity contribution >= 4 is 0 Å². The van der Waals surface area contributed by atoms with Crippen molar-refractivity contribution in [3.8, 4) is 5.75 Å². The van der Waals surface area contributed by atoms with Crippen molar-refractivity contribution in [3.63, 3.8) is 0 Å². The molecule has 1 N–H and O–H groups in total. The van der Waals surface area contributed by atoms with Gasteiger partial charge in [0.2, 0.25) is 0 Å². The van der Waals surface area contributed by atoms with Gasteiger partial charge in [-0.25, -0.2) is 4.39 Å². The van der Waals surface area contributed by atoms with Gasteiger partial charge in [0, 0.05) is 6.54 Å². The Labute approximate surface area is 115 Å². The molecular formula is C14H17F4NO. The topological polar surface area (TPSA) is 21.3 Å². The number of rotatable bonds is 7. The minimum Gasteiger partial charge on any atom is -0.489 e. The second-order valence-electron chi connectivity index (χ2n) is 4.35. The number of hydrogen-bond acceptors (Lipinski definition) is 2. The maximum absolute atomic E-state index is 13.1. The molecule has 1 aromatic rings. The average molecular weight is 291 g/mol. The minimum atomic E-state index is -4.73. The number of ether oxygens (including phenoxy) is 1. The van der Waals surface area contributed by atoms with E-state index in [-0.39, 0.29) is 12.4 Å². The van der Waals surface area contributed by atoms with Crippen LogP contribution < -0.4 is 10.1 Å². The Hall–Kier alpha value is -1.56. The lowest BCUT2D eigenvalue weighted by molar-refractivity contribution is -0.140. The van der Waals surface area contributed by atoms with Crippen LogP contribution in [0, 0.1) is 5.82 Å². The molecule has 0 unspecified atom stereocenters. The Bertz CT molecular complexity index is 457. The summed E-state index contributed by atoms with van der Waals surface area (Å²) in [7, 11) is 0. The molecule has 6 heteroatoms. The van der Waals surface area contributed by atoms with Gasteiger partial charge in [0.15, 0.2) is 0 Å². The fraction of sp³-hybridized carbons (Fsp3) is 0.429. The smallest absolute Gasteiger partial charge is 0.419 e. The van der Waals surface area contributed by atoms with E-state index in [9.17, 15) is 17.6 Å². The zero-order valence-corrected chi connectivity index (χ0v) is 11.2. The van der Waals surface area contributed by atoms with Gasteiger partial charge >= 0.3 is 6.18 Å². The fourth-order valence-corrected chi connectivity index (χ4v) is 1.49. The highest BCUT2D eigenvalue weighted by atomic mass is 19.4. The van der Waals surface area contributed by atoms with Crippen LogP contribution >= 0.6 is 0 Å². The van der Waals surface area contributed by atoms with Gasteiger partial charge in [0.05, 0.1) is 5.56 Å². The van der Waals surface area contributed by atoms with E-state index < -0.39 is 17.6 Å². The van der Waals surface area contributed by atoms with E-state index in [1.807, 2.05) is 6.92 Å². The normalized spacial score (nSPS) is 11.4. The van der Waals surface area contributed by atoms with Crippen molar-refractivity contribution in [2.24, 2.45) is 0 Å². The van der Waals surface area contributed by atoms with Gasteiger partial charge in [-0.1, -0.05) is 13.5 Å². The molecule has 0 spiro atoms. The largest absolute Gasteiger partial charge is 0.489 e. The van der Waals surface area contributed by atoms with Gasteiger partial charge in [-0.15, -0.1) is 0 Å². The molecule has 1 rings (SSSR count). The van der Waals surface area contributed by atoms with E-state index in [1.54, 1.807) is 0 Å². The molecule has 0 aliphatic rings. The van der Waals surface area contributed by atoms with Crippen molar-refractivity contribution < 1.29 is 22.3 Å². The molecule has 0 fully saturated rings. The Morgan fingerprint density at radius 3 is 2.65 bits per heavy atom. The third-order valence-electron chi connectivity index (χ3n) is 2.49. The van der Waals surface area contributed by atoms with Gasteiger partial charge in [0.1, 0.15) is 18.2 Å². The summed E-state index contributed by atoms with van der Waals surface area (Å²) < 4.78 is 55.8. The van der Waals surface area contributed by atoms with Crippen LogP contribution in [0.1, 0.15) is 18.9 Å². The minimum absolute atomic E-state index is 0.0321. The first-order chi connectivity index (χ1) is 9.34. The van der Waals surface area contributed by atoms with Gasteiger partial charge < -0.3 is 10.1 Å². The number of alkyl halides is 3. The van der Waals surface area contributed by atoms with Crippen LogP contribution in [-0.2, 0) is 6.18 Å². The predicted octanol–water partition coefficient (Wildman–Crippen LogP) is 3.78. The van der Waals surface area contributed by atoms with Crippen molar-refractivity contribution in [1.29, 1.82) is 0 Å². The van der Waals surface area contributed by atoms with Crippen molar-refractivity contribution in [2.45, 2.75) is 19.5 Å².